The summed E-state index contributed by atoms with van der Waals surface area (Å²) in [4.78, 5) is 22.8. The Bertz CT molecular complexity index is 391. The molecule has 4 atom stereocenters. The molecule has 0 aromatic heterocycles. The quantitative estimate of drug-likeness (QED) is 0.781. The van der Waals surface area contributed by atoms with Crippen molar-refractivity contribution in [2.75, 3.05) is 0 Å². The van der Waals surface area contributed by atoms with Gasteiger partial charge in [-0.25, -0.2) is 0 Å². The largest absolute Gasteiger partial charge is 0.351 e. The number of rotatable bonds is 2. The van der Waals surface area contributed by atoms with Crippen LogP contribution in [-0.2, 0) is 9.59 Å². The zero-order valence-corrected chi connectivity index (χ0v) is 12.0. The first-order valence-corrected chi connectivity index (χ1v) is 6.74. The maximum absolute atomic E-state index is 11.4. The molecule has 18 heavy (non-hydrogen) atoms. The highest BCUT2D eigenvalue weighted by atomic mass is 16.2. The van der Waals surface area contributed by atoms with Crippen molar-refractivity contribution in [3.05, 3.63) is 0 Å². The number of hydrogen-bond acceptors (Lipinski definition) is 2. The second-order valence-electron chi connectivity index (χ2n) is 6.69. The van der Waals surface area contributed by atoms with Crippen LogP contribution in [0.4, 0.5) is 0 Å². The highest BCUT2D eigenvalue weighted by Crippen LogP contribution is 2.65. The number of carbonyl (C=O) groups excluding carboxylic acids is 2. The van der Waals surface area contributed by atoms with E-state index in [-0.39, 0.29) is 34.7 Å². The first kappa shape index (κ1) is 13.4. The topological polar surface area (TPSA) is 58.2 Å². The third-order valence-corrected chi connectivity index (χ3v) is 5.58. The molecule has 0 spiro atoms. The minimum absolute atomic E-state index is 0.0118. The Morgan fingerprint density at radius 1 is 1.06 bits per heavy atom. The van der Waals surface area contributed by atoms with Gasteiger partial charge in [0, 0.05) is 13.8 Å². The molecule has 2 aliphatic rings. The van der Waals surface area contributed by atoms with Crippen molar-refractivity contribution < 1.29 is 9.59 Å². The highest BCUT2D eigenvalue weighted by Gasteiger charge is 2.66. The van der Waals surface area contributed by atoms with Gasteiger partial charge in [-0.2, -0.15) is 0 Å². The van der Waals surface area contributed by atoms with Crippen molar-refractivity contribution in [3.63, 3.8) is 0 Å². The third kappa shape index (κ3) is 1.65. The van der Waals surface area contributed by atoms with Gasteiger partial charge in [0.1, 0.15) is 0 Å². The van der Waals surface area contributed by atoms with Crippen molar-refractivity contribution in [3.8, 4) is 0 Å². The molecule has 2 fully saturated rings. The summed E-state index contributed by atoms with van der Waals surface area (Å²) in [5.41, 5.74) is 0.212. The lowest BCUT2D eigenvalue weighted by atomic mass is 9.69. The summed E-state index contributed by atoms with van der Waals surface area (Å²) >= 11 is 0. The van der Waals surface area contributed by atoms with Crippen LogP contribution in [0.2, 0.25) is 0 Å². The molecule has 2 N–H and O–H groups in total. The lowest BCUT2D eigenvalue weighted by Crippen LogP contribution is -2.56. The predicted octanol–water partition coefficient (Wildman–Crippen LogP) is 1.45. The first-order valence-electron chi connectivity index (χ1n) is 6.74. The fraction of sp³-hybridized carbons (Fsp3) is 0.857. The number of fused-ring (bicyclic) bond motifs is 2. The summed E-state index contributed by atoms with van der Waals surface area (Å²) in [5.74, 6) is 0.422. The molecule has 2 amide bonds. The van der Waals surface area contributed by atoms with Crippen LogP contribution in [-0.4, -0.2) is 23.9 Å². The van der Waals surface area contributed by atoms with Crippen LogP contribution in [0.15, 0.2) is 0 Å². The lowest BCUT2D eigenvalue weighted by molar-refractivity contribution is -0.123. The molecular formula is C14H24N2O2. The Balaban J connectivity index is 2.34. The Morgan fingerprint density at radius 3 is 2.11 bits per heavy atom. The van der Waals surface area contributed by atoms with E-state index in [1.54, 1.807) is 13.8 Å². The monoisotopic (exact) mass is 252 g/mol. The lowest BCUT2D eigenvalue weighted by Gasteiger charge is -2.40. The van der Waals surface area contributed by atoms with E-state index in [1.807, 2.05) is 0 Å². The molecule has 0 heterocycles. The normalized spacial score (nSPS) is 40.6. The number of nitrogens with one attached hydrogen (secondary N) is 2. The maximum atomic E-state index is 11.4. The van der Waals surface area contributed by atoms with Crippen molar-refractivity contribution in [1.29, 1.82) is 0 Å². The van der Waals surface area contributed by atoms with Gasteiger partial charge in [0.25, 0.3) is 0 Å². The zero-order valence-electron chi connectivity index (χ0n) is 12.0. The summed E-state index contributed by atoms with van der Waals surface area (Å²) in [6.45, 7) is 9.87. The van der Waals surface area contributed by atoms with E-state index < -0.39 is 0 Å². The van der Waals surface area contributed by atoms with Gasteiger partial charge in [-0.15, -0.1) is 0 Å². The molecule has 4 unspecified atom stereocenters. The molecule has 0 aromatic carbocycles. The van der Waals surface area contributed by atoms with Gasteiger partial charge in [0.05, 0.1) is 12.1 Å². The average molecular weight is 252 g/mol. The first-order chi connectivity index (χ1) is 8.20. The van der Waals surface area contributed by atoms with Crippen LogP contribution < -0.4 is 10.6 Å². The van der Waals surface area contributed by atoms with Gasteiger partial charge >= 0.3 is 0 Å². The van der Waals surface area contributed by atoms with Gasteiger partial charge in [0.2, 0.25) is 11.8 Å². The molecule has 102 valence electrons. The van der Waals surface area contributed by atoms with E-state index in [1.165, 1.54) is 0 Å². The van der Waals surface area contributed by atoms with Crippen LogP contribution in [0.25, 0.3) is 0 Å². The molecule has 4 heteroatoms. The molecule has 0 radical (unpaired) electrons. The van der Waals surface area contributed by atoms with Crippen LogP contribution in [0, 0.1) is 16.7 Å². The minimum atomic E-state index is -0.0140. The number of carbonyl (C=O) groups is 2. The van der Waals surface area contributed by atoms with Gasteiger partial charge in [0.15, 0.2) is 0 Å². The maximum Gasteiger partial charge on any atom is 0.217 e. The van der Waals surface area contributed by atoms with Gasteiger partial charge in [-0.3, -0.25) is 9.59 Å². The van der Waals surface area contributed by atoms with Gasteiger partial charge < -0.3 is 10.6 Å². The second kappa shape index (κ2) is 3.97. The Kier molecular flexibility index (Phi) is 2.95. The predicted molar refractivity (Wildman–Crippen MR) is 69.8 cm³/mol. The molecule has 4 nitrogen and oxygen atoms in total. The van der Waals surface area contributed by atoms with E-state index in [0.29, 0.717) is 5.92 Å². The van der Waals surface area contributed by atoms with E-state index in [9.17, 15) is 9.59 Å². The van der Waals surface area contributed by atoms with Crippen LogP contribution in [0.1, 0.15) is 47.5 Å². The molecular weight excluding hydrogens is 228 g/mol. The minimum Gasteiger partial charge on any atom is -0.351 e. The van der Waals surface area contributed by atoms with Crippen molar-refractivity contribution in [2.45, 2.75) is 59.5 Å². The third-order valence-electron chi connectivity index (χ3n) is 5.58. The van der Waals surface area contributed by atoms with Crippen molar-refractivity contribution in [2.24, 2.45) is 16.7 Å². The van der Waals surface area contributed by atoms with Crippen LogP contribution >= 0.6 is 0 Å². The van der Waals surface area contributed by atoms with Crippen LogP contribution in [0.5, 0.6) is 0 Å². The molecule has 0 aliphatic heterocycles. The Hall–Kier alpha value is -1.06. The van der Waals surface area contributed by atoms with E-state index >= 15 is 0 Å². The second-order valence-corrected chi connectivity index (χ2v) is 6.69. The highest BCUT2D eigenvalue weighted by molar-refractivity contribution is 5.75. The zero-order chi connectivity index (χ0) is 13.7. The summed E-state index contributed by atoms with van der Waals surface area (Å²) in [5, 5.41) is 6.13. The molecule has 0 saturated heterocycles. The van der Waals surface area contributed by atoms with E-state index in [2.05, 4.69) is 31.4 Å². The van der Waals surface area contributed by atoms with E-state index in [4.69, 9.17) is 0 Å². The number of hydrogen-bond donors (Lipinski definition) is 2. The van der Waals surface area contributed by atoms with Crippen molar-refractivity contribution in [1.82, 2.24) is 10.6 Å². The molecule has 0 aromatic rings. The molecule has 2 bridgehead atoms. The summed E-state index contributed by atoms with van der Waals surface area (Å²) in [6, 6.07) is 0.118. The van der Waals surface area contributed by atoms with Gasteiger partial charge in [-0.05, 0) is 29.6 Å². The van der Waals surface area contributed by atoms with Crippen LogP contribution in [0.3, 0.4) is 0 Å². The number of amides is 2. The fourth-order valence-electron chi connectivity index (χ4n) is 4.26. The summed E-state index contributed by atoms with van der Waals surface area (Å²) in [7, 11) is 0. The van der Waals surface area contributed by atoms with E-state index in [0.717, 1.165) is 12.8 Å². The Labute approximate surface area is 109 Å². The SMILES string of the molecule is CC(=O)NC1C2CCC(C)(C1NC(C)=O)C2(C)C. The van der Waals surface area contributed by atoms with Gasteiger partial charge in [-0.1, -0.05) is 20.8 Å². The standard InChI is InChI=1S/C14H24N2O2/c1-8(17)15-11-10-6-7-14(5,13(10,3)4)12(11)16-9(2)18/h10-12H,6-7H2,1-5H3,(H,15,17)(H,16,18). The van der Waals surface area contributed by atoms with Crippen molar-refractivity contribution >= 4 is 11.8 Å². The smallest absolute Gasteiger partial charge is 0.217 e. The summed E-state index contributed by atoms with van der Waals surface area (Å²) in [6.07, 6.45) is 2.25. The average Bonchev–Trinajstić information content (AvgIpc) is 2.50. The Morgan fingerprint density at radius 2 is 1.61 bits per heavy atom. The molecule has 2 aliphatic carbocycles. The molecule has 2 rings (SSSR count). The fourth-order valence-corrected chi connectivity index (χ4v) is 4.26. The molecule has 2 saturated carbocycles. The summed E-state index contributed by atoms with van der Waals surface area (Å²) < 4.78 is 0.